The SMILES string of the molecule is CC(C)(C)OC(=O)N1CC2(CC(N3C(=O)c4ccccc4C3=O)C2)C1. The molecule has 6 heteroatoms. The van der Waals surface area contributed by atoms with Crippen LogP contribution in [0.4, 0.5) is 4.79 Å². The van der Waals surface area contributed by atoms with E-state index in [9.17, 15) is 14.4 Å². The van der Waals surface area contributed by atoms with E-state index < -0.39 is 5.60 Å². The first kappa shape index (κ1) is 16.1. The maximum Gasteiger partial charge on any atom is 0.410 e. The molecule has 3 amide bonds. The van der Waals surface area contributed by atoms with E-state index in [4.69, 9.17) is 4.74 Å². The summed E-state index contributed by atoms with van der Waals surface area (Å²) >= 11 is 0. The average Bonchev–Trinajstić information content (AvgIpc) is 2.68. The Morgan fingerprint density at radius 3 is 2.08 bits per heavy atom. The van der Waals surface area contributed by atoms with Gasteiger partial charge in [0.1, 0.15) is 5.60 Å². The van der Waals surface area contributed by atoms with Gasteiger partial charge in [-0.25, -0.2) is 4.79 Å². The van der Waals surface area contributed by atoms with Crippen LogP contribution < -0.4 is 0 Å². The molecule has 1 spiro atoms. The van der Waals surface area contributed by atoms with E-state index in [1.54, 1.807) is 29.2 Å². The van der Waals surface area contributed by atoms with Crippen LogP contribution in [0.15, 0.2) is 24.3 Å². The summed E-state index contributed by atoms with van der Waals surface area (Å²) in [7, 11) is 0. The first-order valence-corrected chi connectivity index (χ1v) is 8.64. The highest BCUT2D eigenvalue weighted by atomic mass is 16.6. The minimum absolute atomic E-state index is 0.0386. The van der Waals surface area contributed by atoms with Gasteiger partial charge in [-0.3, -0.25) is 14.5 Å². The van der Waals surface area contributed by atoms with Crippen LogP contribution in [-0.2, 0) is 4.74 Å². The zero-order chi connectivity index (χ0) is 18.0. The molecule has 1 aliphatic carbocycles. The van der Waals surface area contributed by atoms with E-state index in [-0.39, 0.29) is 29.4 Å². The highest BCUT2D eigenvalue weighted by Gasteiger charge is 2.58. The smallest absolute Gasteiger partial charge is 0.410 e. The monoisotopic (exact) mass is 342 g/mol. The van der Waals surface area contributed by atoms with Crippen molar-refractivity contribution in [2.45, 2.75) is 45.3 Å². The number of carbonyl (C=O) groups excluding carboxylic acids is 3. The average molecular weight is 342 g/mol. The van der Waals surface area contributed by atoms with Gasteiger partial charge in [0.05, 0.1) is 11.1 Å². The van der Waals surface area contributed by atoms with Crippen molar-refractivity contribution in [3.8, 4) is 0 Å². The molecule has 4 rings (SSSR count). The van der Waals surface area contributed by atoms with Gasteiger partial charge in [-0.15, -0.1) is 0 Å². The number of imide groups is 1. The van der Waals surface area contributed by atoms with Crippen LogP contribution in [0.3, 0.4) is 0 Å². The zero-order valence-corrected chi connectivity index (χ0v) is 14.7. The van der Waals surface area contributed by atoms with Crippen LogP contribution in [0.25, 0.3) is 0 Å². The summed E-state index contributed by atoms with van der Waals surface area (Å²) in [5, 5.41) is 0. The molecule has 0 atom stereocenters. The van der Waals surface area contributed by atoms with Gasteiger partial charge in [-0.05, 0) is 45.7 Å². The molecule has 0 bridgehead atoms. The first-order chi connectivity index (χ1) is 11.7. The first-order valence-electron chi connectivity index (χ1n) is 8.64. The maximum absolute atomic E-state index is 12.5. The minimum atomic E-state index is -0.498. The molecule has 3 aliphatic rings. The van der Waals surface area contributed by atoms with Gasteiger partial charge >= 0.3 is 6.09 Å². The number of rotatable bonds is 1. The fourth-order valence-corrected chi connectivity index (χ4v) is 4.14. The summed E-state index contributed by atoms with van der Waals surface area (Å²) in [5.74, 6) is -0.382. The van der Waals surface area contributed by atoms with E-state index in [2.05, 4.69) is 0 Å². The molecule has 1 aromatic carbocycles. The molecular weight excluding hydrogens is 320 g/mol. The number of amides is 3. The molecule has 0 unspecified atom stereocenters. The molecule has 1 saturated carbocycles. The number of hydrogen-bond donors (Lipinski definition) is 0. The van der Waals surface area contributed by atoms with Crippen molar-refractivity contribution in [2.75, 3.05) is 13.1 Å². The molecule has 6 nitrogen and oxygen atoms in total. The number of nitrogens with zero attached hydrogens (tertiary/aromatic N) is 2. The molecule has 2 aliphatic heterocycles. The quantitative estimate of drug-likeness (QED) is 0.736. The molecule has 132 valence electrons. The summed E-state index contributed by atoms with van der Waals surface area (Å²) in [4.78, 5) is 40.2. The van der Waals surface area contributed by atoms with E-state index in [0.29, 0.717) is 24.2 Å². The van der Waals surface area contributed by atoms with Crippen LogP contribution in [0.1, 0.15) is 54.3 Å². The number of ether oxygens (including phenoxy) is 1. The van der Waals surface area contributed by atoms with Crippen LogP contribution in [0.5, 0.6) is 0 Å². The highest BCUT2D eigenvalue weighted by molar-refractivity contribution is 6.21. The summed E-state index contributed by atoms with van der Waals surface area (Å²) < 4.78 is 5.37. The Bertz CT molecular complexity index is 731. The third kappa shape index (κ3) is 2.51. The van der Waals surface area contributed by atoms with E-state index in [1.807, 2.05) is 20.8 Å². The Kier molecular flexibility index (Phi) is 3.27. The van der Waals surface area contributed by atoms with Crippen molar-refractivity contribution in [3.05, 3.63) is 35.4 Å². The minimum Gasteiger partial charge on any atom is -0.444 e. The molecule has 2 heterocycles. The van der Waals surface area contributed by atoms with Crippen molar-refractivity contribution in [2.24, 2.45) is 5.41 Å². The Morgan fingerprint density at radius 2 is 1.60 bits per heavy atom. The fourth-order valence-electron chi connectivity index (χ4n) is 4.14. The predicted octanol–water partition coefficient (Wildman–Crippen LogP) is 2.68. The second-order valence-corrected chi connectivity index (χ2v) is 8.42. The van der Waals surface area contributed by atoms with Crippen LogP contribution in [-0.4, -0.2) is 52.4 Å². The number of likely N-dealkylation sites (tertiary alicyclic amines) is 1. The highest BCUT2D eigenvalue weighted by Crippen LogP contribution is 2.51. The van der Waals surface area contributed by atoms with Gasteiger partial charge in [-0.1, -0.05) is 12.1 Å². The van der Waals surface area contributed by atoms with Gasteiger partial charge in [0, 0.05) is 24.5 Å². The number of benzene rings is 1. The van der Waals surface area contributed by atoms with Gasteiger partial charge in [-0.2, -0.15) is 0 Å². The largest absolute Gasteiger partial charge is 0.444 e. The zero-order valence-electron chi connectivity index (χ0n) is 14.7. The molecule has 1 saturated heterocycles. The molecule has 0 aromatic heterocycles. The number of carbonyl (C=O) groups is 3. The van der Waals surface area contributed by atoms with E-state index in [1.165, 1.54) is 4.90 Å². The lowest BCUT2D eigenvalue weighted by Gasteiger charge is -2.59. The predicted molar refractivity (Wildman–Crippen MR) is 90.2 cm³/mol. The molecule has 2 fully saturated rings. The molecule has 0 N–H and O–H groups in total. The van der Waals surface area contributed by atoms with E-state index in [0.717, 1.165) is 12.8 Å². The van der Waals surface area contributed by atoms with Crippen molar-refractivity contribution in [1.82, 2.24) is 9.80 Å². The van der Waals surface area contributed by atoms with Crippen molar-refractivity contribution in [3.63, 3.8) is 0 Å². The van der Waals surface area contributed by atoms with Crippen LogP contribution in [0, 0.1) is 5.41 Å². The molecule has 1 aromatic rings. The topological polar surface area (TPSA) is 66.9 Å². The molecular formula is C19H22N2O4. The standard InChI is InChI=1S/C19H22N2O4/c1-18(2,3)25-17(24)20-10-19(11-20)8-12(9-19)21-15(22)13-6-4-5-7-14(13)16(21)23/h4-7,12H,8-11H2,1-3H3. The third-order valence-electron chi connectivity index (χ3n) is 5.23. The Hall–Kier alpha value is -2.37. The summed E-state index contributed by atoms with van der Waals surface area (Å²) in [6.45, 7) is 6.83. The van der Waals surface area contributed by atoms with Gasteiger partial charge in [0.15, 0.2) is 0 Å². The summed E-state index contributed by atoms with van der Waals surface area (Å²) in [6.07, 6.45) is 1.23. The lowest BCUT2D eigenvalue weighted by atomic mass is 9.60. The van der Waals surface area contributed by atoms with Gasteiger partial charge < -0.3 is 9.64 Å². The van der Waals surface area contributed by atoms with Crippen LogP contribution >= 0.6 is 0 Å². The Morgan fingerprint density at radius 1 is 1.08 bits per heavy atom. The lowest BCUT2D eigenvalue weighted by molar-refractivity contribution is -0.0958. The van der Waals surface area contributed by atoms with Crippen LogP contribution in [0.2, 0.25) is 0 Å². The number of fused-ring (bicyclic) bond motifs is 1. The summed E-state index contributed by atoms with van der Waals surface area (Å²) in [5.41, 5.74) is 0.536. The maximum atomic E-state index is 12.5. The lowest BCUT2D eigenvalue weighted by Crippen LogP contribution is -2.68. The second-order valence-electron chi connectivity index (χ2n) is 8.42. The Balaban J connectivity index is 1.36. The second kappa shape index (κ2) is 5.07. The van der Waals surface area contributed by atoms with Gasteiger partial charge in [0.2, 0.25) is 0 Å². The van der Waals surface area contributed by atoms with Gasteiger partial charge in [0.25, 0.3) is 11.8 Å². The molecule has 0 radical (unpaired) electrons. The van der Waals surface area contributed by atoms with Crippen molar-refractivity contribution >= 4 is 17.9 Å². The fraction of sp³-hybridized carbons (Fsp3) is 0.526. The van der Waals surface area contributed by atoms with Crippen molar-refractivity contribution in [1.29, 1.82) is 0 Å². The third-order valence-corrected chi connectivity index (χ3v) is 5.23. The Labute approximate surface area is 146 Å². The van der Waals surface area contributed by atoms with Crippen molar-refractivity contribution < 1.29 is 19.1 Å². The summed E-state index contributed by atoms with van der Waals surface area (Å²) in [6, 6.07) is 6.91. The normalized spacial score (nSPS) is 21.9. The van der Waals surface area contributed by atoms with E-state index >= 15 is 0 Å². The molecule has 25 heavy (non-hydrogen) atoms. The number of hydrogen-bond acceptors (Lipinski definition) is 4.